The van der Waals surface area contributed by atoms with Crippen LogP contribution < -0.4 is 0 Å². The van der Waals surface area contributed by atoms with Crippen LogP contribution in [0.5, 0.6) is 0 Å². The molecule has 1 fully saturated rings. The molecule has 1 N–H and O–H groups in total. The molecular weight excluding hydrogens is 185 g/mol. The molecule has 0 spiro atoms. The SMILES string of the molecule is CC1(C)CC(OP)CC(C)(C)N1O. The van der Waals surface area contributed by atoms with Crippen molar-refractivity contribution in [1.82, 2.24) is 5.06 Å². The predicted octanol–water partition coefficient (Wildman–Crippen LogP) is 2.20. The van der Waals surface area contributed by atoms with Crippen molar-refractivity contribution < 1.29 is 9.73 Å². The first-order valence-corrected chi connectivity index (χ1v) is 5.11. The summed E-state index contributed by atoms with van der Waals surface area (Å²) < 4.78 is 5.29. The van der Waals surface area contributed by atoms with Crippen molar-refractivity contribution in [3.63, 3.8) is 0 Å². The van der Waals surface area contributed by atoms with Gasteiger partial charge in [-0.1, -0.05) is 0 Å². The number of piperidine rings is 1. The summed E-state index contributed by atoms with van der Waals surface area (Å²) in [5.74, 6) is 0. The van der Waals surface area contributed by atoms with E-state index in [2.05, 4.69) is 9.47 Å². The highest BCUT2D eigenvalue weighted by atomic mass is 31.0. The summed E-state index contributed by atoms with van der Waals surface area (Å²) >= 11 is 0. The highest BCUT2D eigenvalue weighted by Crippen LogP contribution is 2.38. The van der Waals surface area contributed by atoms with Crippen LogP contribution in [0.25, 0.3) is 0 Å². The predicted molar refractivity (Wildman–Crippen MR) is 55.6 cm³/mol. The van der Waals surface area contributed by atoms with Gasteiger partial charge in [0, 0.05) is 20.5 Å². The van der Waals surface area contributed by atoms with E-state index in [4.69, 9.17) is 4.52 Å². The van der Waals surface area contributed by atoms with Crippen molar-refractivity contribution in [2.75, 3.05) is 0 Å². The van der Waals surface area contributed by atoms with Gasteiger partial charge in [-0.2, -0.15) is 5.06 Å². The largest absolute Gasteiger partial charge is 0.362 e. The van der Waals surface area contributed by atoms with Gasteiger partial charge in [0.05, 0.1) is 6.10 Å². The van der Waals surface area contributed by atoms with Crippen LogP contribution in [0.1, 0.15) is 40.5 Å². The smallest absolute Gasteiger partial charge is 0.0647 e. The molecule has 0 aromatic rings. The molecule has 78 valence electrons. The molecule has 13 heavy (non-hydrogen) atoms. The molecule has 1 aliphatic rings. The number of nitrogens with zero attached hydrogens (tertiary/aromatic N) is 1. The molecule has 0 aliphatic carbocycles. The Hall–Kier alpha value is 0.310. The van der Waals surface area contributed by atoms with Crippen LogP contribution in [0.15, 0.2) is 0 Å². The molecule has 1 heterocycles. The average Bonchev–Trinajstić information content (AvgIpc) is 1.99. The van der Waals surface area contributed by atoms with Crippen LogP contribution in [0.4, 0.5) is 0 Å². The molecule has 0 bridgehead atoms. The van der Waals surface area contributed by atoms with Crippen LogP contribution in [0.3, 0.4) is 0 Å². The quantitative estimate of drug-likeness (QED) is 0.666. The molecular formula is C9H20NO2P. The summed E-state index contributed by atoms with van der Waals surface area (Å²) in [5.41, 5.74) is -0.411. The van der Waals surface area contributed by atoms with E-state index in [-0.39, 0.29) is 17.2 Å². The lowest BCUT2D eigenvalue weighted by atomic mass is 9.80. The summed E-state index contributed by atoms with van der Waals surface area (Å²) in [6, 6.07) is 0. The lowest BCUT2D eigenvalue weighted by Crippen LogP contribution is -2.60. The van der Waals surface area contributed by atoms with Gasteiger partial charge < -0.3 is 9.73 Å². The summed E-state index contributed by atoms with van der Waals surface area (Å²) in [6.07, 6.45) is 1.94. The van der Waals surface area contributed by atoms with Gasteiger partial charge in [0.15, 0.2) is 0 Å². The first kappa shape index (κ1) is 11.4. The van der Waals surface area contributed by atoms with Gasteiger partial charge >= 0.3 is 0 Å². The molecule has 1 rings (SSSR count). The fraction of sp³-hybridized carbons (Fsp3) is 1.00. The fourth-order valence-electron chi connectivity index (χ4n) is 2.27. The lowest BCUT2D eigenvalue weighted by Gasteiger charge is -2.50. The normalized spacial score (nSPS) is 29.1. The van der Waals surface area contributed by atoms with Gasteiger partial charge in [0.1, 0.15) is 0 Å². The Bertz CT molecular complexity index is 176. The highest BCUT2D eigenvalue weighted by molar-refractivity contribution is 7.09. The van der Waals surface area contributed by atoms with Crippen LogP contribution >= 0.6 is 9.47 Å². The zero-order valence-electron chi connectivity index (χ0n) is 8.87. The topological polar surface area (TPSA) is 32.7 Å². The molecule has 0 amide bonds. The zero-order chi connectivity index (χ0) is 10.3. The Morgan fingerprint density at radius 1 is 1.23 bits per heavy atom. The van der Waals surface area contributed by atoms with E-state index in [1.807, 2.05) is 27.7 Å². The van der Waals surface area contributed by atoms with E-state index >= 15 is 0 Å². The number of hydrogen-bond acceptors (Lipinski definition) is 3. The number of hydroxylamine groups is 2. The molecule has 1 unspecified atom stereocenters. The van der Waals surface area contributed by atoms with Gasteiger partial charge in [-0.3, -0.25) is 0 Å². The minimum absolute atomic E-state index is 0.205. The van der Waals surface area contributed by atoms with Crippen molar-refractivity contribution >= 4 is 9.47 Å². The van der Waals surface area contributed by atoms with Gasteiger partial charge in [0.2, 0.25) is 0 Å². The maximum absolute atomic E-state index is 9.95. The van der Waals surface area contributed by atoms with Crippen molar-refractivity contribution in [1.29, 1.82) is 0 Å². The average molecular weight is 205 g/mol. The first-order chi connectivity index (χ1) is 5.79. The van der Waals surface area contributed by atoms with E-state index in [9.17, 15) is 5.21 Å². The molecule has 1 aliphatic heterocycles. The van der Waals surface area contributed by atoms with E-state index in [1.165, 1.54) is 5.06 Å². The molecule has 1 atom stereocenters. The van der Waals surface area contributed by atoms with Crippen molar-refractivity contribution in [2.45, 2.75) is 57.7 Å². The second-order valence-electron chi connectivity index (χ2n) is 5.10. The summed E-state index contributed by atoms with van der Waals surface area (Å²) in [6.45, 7) is 8.13. The lowest BCUT2D eigenvalue weighted by molar-refractivity contribution is -0.254. The maximum atomic E-state index is 9.95. The minimum Gasteiger partial charge on any atom is -0.362 e. The molecule has 0 saturated carbocycles. The van der Waals surface area contributed by atoms with Gasteiger partial charge in [0.25, 0.3) is 0 Å². The minimum atomic E-state index is -0.205. The monoisotopic (exact) mass is 205 g/mol. The Morgan fingerprint density at radius 2 is 1.62 bits per heavy atom. The Balaban J connectivity index is 2.82. The number of rotatable bonds is 1. The fourth-order valence-corrected chi connectivity index (χ4v) is 2.47. The van der Waals surface area contributed by atoms with E-state index in [1.54, 1.807) is 0 Å². The summed E-state index contributed by atoms with van der Waals surface area (Å²) in [4.78, 5) is 0. The first-order valence-electron chi connectivity index (χ1n) is 4.64. The maximum Gasteiger partial charge on any atom is 0.0647 e. The van der Waals surface area contributed by atoms with Crippen molar-refractivity contribution in [3.05, 3.63) is 0 Å². The molecule has 0 aromatic carbocycles. The third-order valence-corrected chi connectivity index (χ3v) is 3.18. The third-order valence-electron chi connectivity index (χ3n) is 2.79. The van der Waals surface area contributed by atoms with Crippen LogP contribution in [-0.4, -0.2) is 27.5 Å². The van der Waals surface area contributed by atoms with E-state index in [0.29, 0.717) is 0 Å². The Labute approximate surface area is 82.7 Å². The van der Waals surface area contributed by atoms with Crippen molar-refractivity contribution in [2.24, 2.45) is 0 Å². The van der Waals surface area contributed by atoms with Crippen LogP contribution in [-0.2, 0) is 4.52 Å². The van der Waals surface area contributed by atoms with Gasteiger partial charge in [-0.05, 0) is 40.5 Å². The zero-order valence-corrected chi connectivity index (χ0v) is 10.0. The Kier molecular flexibility index (Phi) is 3.04. The van der Waals surface area contributed by atoms with E-state index in [0.717, 1.165) is 12.8 Å². The molecule has 3 nitrogen and oxygen atoms in total. The van der Waals surface area contributed by atoms with E-state index < -0.39 is 0 Å². The second-order valence-corrected chi connectivity index (χ2v) is 5.38. The standard InChI is InChI=1S/C9H20NO2P/c1-8(2)5-7(12-13)6-9(3,4)10(8)11/h7,11H,5-6,13H2,1-4H3. The van der Waals surface area contributed by atoms with Crippen molar-refractivity contribution in [3.8, 4) is 0 Å². The third kappa shape index (κ3) is 2.21. The van der Waals surface area contributed by atoms with Gasteiger partial charge in [-0.15, -0.1) is 0 Å². The summed E-state index contributed by atoms with van der Waals surface area (Å²) in [7, 11) is 2.32. The highest BCUT2D eigenvalue weighted by Gasteiger charge is 2.45. The summed E-state index contributed by atoms with van der Waals surface area (Å²) in [5, 5.41) is 11.4. The number of hydrogen-bond donors (Lipinski definition) is 1. The molecule has 0 aromatic heterocycles. The van der Waals surface area contributed by atoms with Crippen LogP contribution in [0.2, 0.25) is 0 Å². The molecule has 0 radical (unpaired) electrons. The van der Waals surface area contributed by atoms with Gasteiger partial charge in [-0.25, -0.2) is 0 Å². The van der Waals surface area contributed by atoms with Crippen LogP contribution in [0, 0.1) is 0 Å². The molecule has 4 heteroatoms. The Morgan fingerprint density at radius 3 is 1.92 bits per heavy atom. The molecule has 1 saturated heterocycles. The second kappa shape index (κ2) is 3.47.